The first-order valence-electron chi connectivity index (χ1n) is 11.4. The van der Waals surface area contributed by atoms with Crippen molar-refractivity contribution in [3.63, 3.8) is 0 Å². The molecular weight excluding hydrogens is 382 g/mol. The monoisotopic (exact) mass is 409 g/mol. The predicted molar refractivity (Wildman–Crippen MR) is 122 cm³/mol. The van der Waals surface area contributed by atoms with Gasteiger partial charge in [-0.05, 0) is 74.0 Å². The van der Waals surface area contributed by atoms with Gasteiger partial charge < -0.3 is 4.57 Å². The minimum Gasteiger partial charge on any atom is -0.321 e. The maximum Gasteiger partial charge on any atom is 0.124 e. The van der Waals surface area contributed by atoms with Crippen molar-refractivity contribution in [3.8, 4) is 0 Å². The molecule has 0 spiro atoms. The Bertz CT molecular complexity index is 1200. The molecule has 3 aromatic heterocycles. The van der Waals surface area contributed by atoms with Crippen LogP contribution in [0.5, 0.6) is 0 Å². The molecule has 31 heavy (non-hydrogen) atoms. The van der Waals surface area contributed by atoms with Gasteiger partial charge in [0.05, 0.1) is 41.6 Å². The summed E-state index contributed by atoms with van der Waals surface area (Å²) in [7, 11) is 0. The maximum absolute atomic E-state index is 5.07. The van der Waals surface area contributed by atoms with Crippen LogP contribution in [0.1, 0.15) is 48.1 Å². The number of imidazole rings is 1. The van der Waals surface area contributed by atoms with Crippen LogP contribution < -0.4 is 0 Å². The van der Waals surface area contributed by atoms with Crippen molar-refractivity contribution in [1.29, 1.82) is 0 Å². The zero-order valence-electron chi connectivity index (χ0n) is 17.7. The molecule has 1 aliphatic carbocycles. The van der Waals surface area contributed by atoms with Crippen LogP contribution in [-0.2, 0) is 19.5 Å². The van der Waals surface area contributed by atoms with Crippen LogP contribution in [0.3, 0.4) is 0 Å². The number of nitrogens with zero attached hydrogens (tertiary/aromatic N) is 5. The Balaban J connectivity index is 1.38. The molecular formula is C26H27N5. The van der Waals surface area contributed by atoms with E-state index in [1.54, 1.807) is 0 Å². The van der Waals surface area contributed by atoms with Gasteiger partial charge >= 0.3 is 0 Å². The van der Waals surface area contributed by atoms with E-state index >= 15 is 0 Å². The zero-order valence-corrected chi connectivity index (χ0v) is 17.7. The molecule has 5 heteroatoms. The summed E-state index contributed by atoms with van der Waals surface area (Å²) in [6.07, 6.45) is 8.82. The fourth-order valence-electron chi connectivity index (χ4n) is 5.55. The minimum atomic E-state index is 0.404. The molecule has 1 aliphatic heterocycles. The Kier molecular flexibility index (Phi) is 4.76. The number of benzene rings is 1. The van der Waals surface area contributed by atoms with Crippen molar-refractivity contribution in [2.45, 2.75) is 44.8 Å². The Morgan fingerprint density at radius 3 is 2.71 bits per heavy atom. The highest BCUT2D eigenvalue weighted by atomic mass is 15.2. The van der Waals surface area contributed by atoms with Gasteiger partial charge in [-0.1, -0.05) is 24.3 Å². The zero-order chi connectivity index (χ0) is 20.6. The van der Waals surface area contributed by atoms with Gasteiger partial charge in [-0.25, -0.2) is 4.98 Å². The average molecular weight is 410 g/mol. The van der Waals surface area contributed by atoms with Gasteiger partial charge in [0, 0.05) is 12.4 Å². The topological polar surface area (TPSA) is 46.8 Å². The molecule has 0 radical (unpaired) electrons. The second-order valence-corrected chi connectivity index (χ2v) is 8.83. The lowest BCUT2D eigenvalue weighted by Crippen LogP contribution is -2.41. The first-order valence-corrected chi connectivity index (χ1v) is 11.4. The Morgan fingerprint density at radius 1 is 0.871 bits per heavy atom. The average Bonchev–Trinajstić information content (AvgIpc) is 3.16. The van der Waals surface area contributed by atoms with Gasteiger partial charge in [0.1, 0.15) is 5.82 Å². The summed E-state index contributed by atoms with van der Waals surface area (Å²) in [5, 5.41) is 0. The first kappa shape index (κ1) is 18.7. The molecule has 4 heterocycles. The largest absolute Gasteiger partial charge is 0.321 e. The molecule has 0 unspecified atom stereocenters. The molecule has 6 rings (SSSR count). The second-order valence-electron chi connectivity index (χ2n) is 8.83. The van der Waals surface area contributed by atoms with Crippen molar-refractivity contribution in [2.75, 3.05) is 6.54 Å². The van der Waals surface area contributed by atoms with Gasteiger partial charge in [0.25, 0.3) is 0 Å². The molecule has 2 aliphatic rings. The number of hydrogen-bond donors (Lipinski definition) is 0. The summed E-state index contributed by atoms with van der Waals surface area (Å²) in [5.74, 6) is 1.82. The van der Waals surface area contributed by atoms with Crippen molar-refractivity contribution >= 4 is 11.0 Å². The van der Waals surface area contributed by atoms with Crippen LogP contribution in [0.25, 0.3) is 11.0 Å². The summed E-state index contributed by atoms with van der Waals surface area (Å²) >= 11 is 0. The van der Waals surface area contributed by atoms with Crippen LogP contribution >= 0.6 is 0 Å². The maximum atomic E-state index is 5.07. The van der Waals surface area contributed by atoms with E-state index < -0.39 is 0 Å². The van der Waals surface area contributed by atoms with Gasteiger partial charge in [-0.2, -0.15) is 0 Å². The van der Waals surface area contributed by atoms with Crippen molar-refractivity contribution in [1.82, 2.24) is 24.4 Å². The van der Waals surface area contributed by atoms with E-state index in [1.807, 2.05) is 18.5 Å². The van der Waals surface area contributed by atoms with Crippen molar-refractivity contribution < 1.29 is 0 Å². The molecule has 156 valence electrons. The number of aryl methyl sites for hydroxylation is 1. The van der Waals surface area contributed by atoms with Gasteiger partial charge in [0.15, 0.2) is 0 Å². The lowest BCUT2D eigenvalue weighted by molar-refractivity contribution is 0.0665. The summed E-state index contributed by atoms with van der Waals surface area (Å²) in [6, 6.07) is 19.3. The van der Waals surface area contributed by atoms with E-state index in [1.165, 1.54) is 36.0 Å². The van der Waals surface area contributed by atoms with Crippen molar-refractivity contribution in [3.05, 3.63) is 89.8 Å². The van der Waals surface area contributed by atoms with Gasteiger partial charge in [0.2, 0.25) is 0 Å². The van der Waals surface area contributed by atoms with Crippen LogP contribution in [-0.4, -0.2) is 31.0 Å². The fourth-order valence-corrected chi connectivity index (χ4v) is 5.55. The number of para-hydroxylation sites is 2. The highest BCUT2D eigenvalue weighted by molar-refractivity contribution is 5.76. The number of likely N-dealkylation sites (tertiary alicyclic amines) is 1. The molecule has 2 atom stereocenters. The van der Waals surface area contributed by atoms with E-state index in [0.717, 1.165) is 43.1 Å². The molecule has 1 fully saturated rings. The third-order valence-corrected chi connectivity index (χ3v) is 6.98. The molecule has 1 aromatic carbocycles. The molecule has 0 N–H and O–H groups in total. The minimum absolute atomic E-state index is 0.404. The normalized spacial score (nSPS) is 21.0. The fraction of sp³-hybridized carbons (Fsp3) is 0.346. The van der Waals surface area contributed by atoms with Crippen LogP contribution in [0, 0.1) is 5.92 Å². The molecule has 0 saturated carbocycles. The Morgan fingerprint density at radius 2 is 1.77 bits per heavy atom. The smallest absolute Gasteiger partial charge is 0.124 e. The van der Waals surface area contributed by atoms with E-state index in [4.69, 9.17) is 9.97 Å². The lowest BCUT2D eigenvalue weighted by atomic mass is 9.77. The summed E-state index contributed by atoms with van der Waals surface area (Å²) in [4.78, 5) is 17.1. The van der Waals surface area contributed by atoms with E-state index in [9.17, 15) is 0 Å². The van der Waals surface area contributed by atoms with Crippen LogP contribution in [0.4, 0.5) is 0 Å². The quantitative estimate of drug-likeness (QED) is 0.487. The highest BCUT2D eigenvalue weighted by Crippen LogP contribution is 2.43. The first-order chi connectivity index (χ1) is 15.4. The van der Waals surface area contributed by atoms with E-state index in [2.05, 4.69) is 63.0 Å². The molecule has 5 nitrogen and oxygen atoms in total. The number of pyridine rings is 2. The Labute approximate surface area is 182 Å². The van der Waals surface area contributed by atoms with Crippen LogP contribution in [0.15, 0.2) is 67.0 Å². The standard InChI is InChI=1S/C26H27N5/c1-2-11-23-22(10-1)29-24(31(23)17-21-9-3-4-14-27-21)18-30-16-6-8-20-13-12-19-7-5-15-28-25(19)26(20)30/h1-5,7,9-11,14-15,20,26H,6,8,12-13,16-18H2/t20-,26-/m1/s1. The number of rotatable bonds is 4. The number of hydrogen-bond acceptors (Lipinski definition) is 4. The van der Waals surface area contributed by atoms with E-state index in [-0.39, 0.29) is 0 Å². The molecule has 1 saturated heterocycles. The third-order valence-electron chi connectivity index (χ3n) is 6.98. The number of fused-ring (bicyclic) bond motifs is 4. The lowest BCUT2D eigenvalue weighted by Gasteiger charge is -2.44. The molecule has 0 bridgehead atoms. The van der Waals surface area contributed by atoms with E-state index in [0.29, 0.717) is 12.0 Å². The third kappa shape index (κ3) is 3.43. The SMILES string of the molecule is c1ccc(Cn2c(CN3CCC[C@@H]4CCc5cccnc5[C@@H]43)nc3ccccc32)nc1. The van der Waals surface area contributed by atoms with Crippen molar-refractivity contribution in [2.24, 2.45) is 5.92 Å². The predicted octanol–water partition coefficient (Wildman–Crippen LogP) is 4.77. The second kappa shape index (κ2) is 7.89. The summed E-state index contributed by atoms with van der Waals surface area (Å²) in [6.45, 7) is 2.69. The van der Waals surface area contributed by atoms with Crippen LogP contribution in [0.2, 0.25) is 0 Å². The number of aromatic nitrogens is 4. The van der Waals surface area contributed by atoms with Gasteiger partial charge in [-0.3, -0.25) is 14.9 Å². The Hall–Kier alpha value is -3.05. The van der Waals surface area contributed by atoms with Gasteiger partial charge in [-0.15, -0.1) is 0 Å². The summed E-state index contributed by atoms with van der Waals surface area (Å²) in [5.41, 5.74) is 6.03. The molecule has 4 aromatic rings. The summed E-state index contributed by atoms with van der Waals surface area (Å²) < 4.78 is 2.35. The molecule has 0 amide bonds. The number of piperidine rings is 1. The highest BCUT2D eigenvalue weighted by Gasteiger charge is 2.38.